The quantitative estimate of drug-likeness (QED) is 0.699. The highest BCUT2D eigenvalue weighted by molar-refractivity contribution is 7.14. The number of aromatic nitrogens is 4. The minimum Gasteiger partial charge on any atom is -0.497 e. The molecule has 0 unspecified atom stereocenters. The molecule has 3 aromatic rings. The van der Waals surface area contributed by atoms with E-state index in [4.69, 9.17) is 4.74 Å². The molecule has 0 aliphatic carbocycles. The summed E-state index contributed by atoms with van der Waals surface area (Å²) in [5, 5.41) is 14.9. The first-order valence-electron chi connectivity index (χ1n) is 7.26. The highest BCUT2D eigenvalue weighted by Crippen LogP contribution is 2.24. The van der Waals surface area contributed by atoms with Crippen molar-refractivity contribution < 1.29 is 4.74 Å². The average molecular weight is 314 g/mol. The van der Waals surface area contributed by atoms with Crippen LogP contribution < -0.4 is 4.74 Å². The van der Waals surface area contributed by atoms with E-state index < -0.39 is 0 Å². The summed E-state index contributed by atoms with van der Waals surface area (Å²) >= 11 is 1.64. The van der Waals surface area contributed by atoms with Crippen molar-refractivity contribution in [3.8, 4) is 16.3 Å². The fourth-order valence-electron chi connectivity index (χ4n) is 2.16. The third-order valence-electron chi connectivity index (χ3n) is 3.31. The topological polar surface area (TPSA) is 52.8 Å². The molecule has 0 aliphatic rings. The molecule has 0 bridgehead atoms. The molecule has 3 rings (SSSR count). The number of benzene rings is 1. The Hall–Kier alpha value is -2.21. The van der Waals surface area contributed by atoms with Crippen LogP contribution in [0, 0.1) is 0 Å². The lowest BCUT2D eigenvalue weighted by molar-refractivity contribution is 0.414. The molecule has 0 radical (unpaired) electrons. The third-order valence-corrected chi connectivity index (χ3v) is 4.35. The van der Waals surface area contributed by atoms with Gasteiger partial charge in [0.05, 0.1) is 25.4 Å². The van der Waals surface area contributed by atoms with Crippen LogP contribution in [0.3, 0.4) is 0 Å². The van der Waals surface area contributed by atoms with Crippen LogP contribution in [0.25, 0.3) is 10.6 Å². The summed E-state index contributed by atoms with van der Waals surface area (Å²) < 4.78 is 7.08. The second kappa shape index (κ2) is 6.70. The van der Waals surface area contributed by atoms with Crippen molar-refractivity contribution >= 4 is 11.3 Å². The zero-order valence-electron chi connectivity index (χ0n) is 12.7. The van der Waals surface area contributed by atoms with Gasteiger partial charge in [-0.1, -0.05) is 30.4 Å². The van der Waals surface area contributed by atoms with Crippen LogP contribution in [0.4, 0.5) is 0 Å². The van der Waals surface area contributed by atoms with E-state index in [2.05, 4.69) is 22.2 Å². The van der Waals surface area contributed by atoms with Gasteiger partial charge in [0, 0.05) is 12.6 Å². The molecule has 0 fully saturated rings. The van der Waals surface area contributed by atoms with E-state index >= 15 is 0 Å². The summed E-state index contributed by atoms with van der Waals surface area (Å²) in [7, 11) is 1.67. The van der Waals surface area contributed by atoms with Gasteiger partial charge in [0.1, 0.15) is 10.8 Å². The van der Waals surface area contributed by atoms with Crippen LogP contribution in [0.2, 0.25) is 0 Å². The number of nitrogens with zero attached hydrogens (tertiary/aromatic N) is 4. The van der Waals surface area contributed by atoms with Crippen LogP contribution in [0.1, 0.15) is 23.9 Å². The molecule has 0 atom stereocenters. The first-order valence-corrected chi connectivity index (χ1v) is 8.08. The molecule has 0 aliphatic heterocycles. The molecule has 0 spiro atoms. The van der Waals surface area contributed by atoms with Gasteiger partial charge in [-0.25, -0.2) is 0 Å². The van der Waals surface area contributed by atoms with Crippen LogP contribution in [0.15, 0.2) is 36.7 Å². The number of methoxy groups -OCH3 is 1. The normalized spacial score (nSPS) is 10.8. The molecule has 0 saturated carbocycles. The monoisotopic (exact) mass is 314 g/mol. The fraction of sp³-hybridized carbons (Fsp3) is 0.312. The second-order valence-corrected chi connectivity index (χ2v) is 6.09. The van der Waals surface area contributed by atoms with E-state index in [-0.39, 0.29) is 0 Å². The van der Waals surface area contributed by atoms with Crippen molar-refractivity contribution in [3.63, 3.8) is 0 Å². The summed E-state index contributed by atoms with van der Waals surface area (Å²) in [6.45, 7) is 2.87. The van der Waals surface area contributed by atoms with Crippen molar-refractivity contribution in [2.75, 3.05) is 7.11 Å². The van der Waals surface area contributed by atoms with E-state index in [1.54, 1.807) is 18.4 Å². The van der Waals surface area contributed by atoms with Gasteiger partial charge in [0.15, 0.2) is 5.01 Å². The minimum absolute atomic E-state index is 0.727. The molecule has 2 heterocycles. The predicted octanol–water partition coefficient (Wildman–Crippen LogP) is 3.41. The predicted molar refractivity (Wildman–Crippen MR) is 87.2 cm³/mol. The van der Waals surface area contributed by atoms with Crippen molar-refractivity contribution in [1.29, 1.82) is 0 Å². The summed E-state index contributed by atoms with van der Waals surface area (Å²) in [5.41, 5.74) is 2.20. The van der Waals surface area contributed by atoms with Crippen molar-refractivity contribution in [1.82, 2.24) is 20.0 Å². The SMILES string of the molecule is CCCc1nnc(-c2cnn(Cc3ccc(OC)cc3)c2)s1. The van der Waals surface area contributed by atoms with E-state index in [1.807, 2.05) is 41.3 Å². The van der Waals surface area contributed by atoms with Gasteiger partial charge < -0.3 is 4.74 Å². The molecule has 0 amide bonds. The molecular weight excluding hydrogens is 296 g/mol. The number of rotatable bonds is 6. The molecule has 2 aromatic heterocycles. The Morgan fingerprint density at radius 1 is 1.18 bits per heavy atom. The van der Waals surface area contributed by atoms with Gasteiger partial charge in [-0.15, -0.1) is 10.2 Å². The summed E-state index contributed by atoms with van der Waals surface area (Å²) in [6.07, 6.45) is 5.93. The van der Waals surface area contributed by atoms with Crippen LogP contribution in [0.5, 0.6) is 5.75 Å². The molecule has 114 valence electrons. The highest BCUT2D eigenvalue weighted by Gasteiger charge is 2.08. The number of hydrogen-bond acceptors (Lipinski definition) is 5. The molecular formula is C16H18N4OS. The summed E-state index contributed by atoms with van der Waals surface area (Å²) in [4.78, 5) is 0. The Balaban J connectivity index is 1.72. The summed E-state index contributed by atoms with van der Waals surface area (Å²) in [5.74, 6) is 0.863. The lowest BCUT2D eigenvalue weighted by Crippen LogP contribution is -1.99. The smallest absolute Gasteiger partial charge is 0.150 e. The molecule has 6 heteroatoms. The Kier molecular flexibility index (Phi) is 4.48. The molecule has 22 heavy (non-hydrogen) atoms. The van der Waals surface area contributed by atoms with Gasteiger partial charge in [-0.3, -0.25) is 4.68 Å². The lowest BCUT2D eigenvalue weighted by atomic mass is 10.2. The van der Waals surface area contributed by atoms with Crippen LogP contribution in [-0.4, -0.2) is 27.1 Å². The first kappa shape index (κ1) is 14.7. The zero-order chi connectivity index (χ0) is 15.4. The highest BCUT2D eigenvalue weighted by atomic mass is 32.1. The van der Waals surface area contributed by atoms with Gasteiger partial charge in [-0.05, 0) is 24.1 Å². The Morgan fingerprint density at radius 3 is 2.73 bits per heavy atom. The molecule has 0 N–H and O–H groups in total. The first-order chi connectivity index (χ1) is 10.8. The standard InChI is InChI=1S/C16H18N4OS/c1-3-4-15-18-19-16(22-15)13-9-17-20(11-13)10-12-5-7-14(21-2)8-6-12/h5-9,11H,3-4,10H2,1-2H3. The van der Waals surface area contributed by atoms with Crippen molar-refractivity contribution in [2.45, 2.75) is 26.3 Å². The minimum atomic E-state index is 0.727. The number of ether oxygens (including phenoxy) is 1. The van der Waals surface area contributed by atoms with Crippen molar-refractivity contribution in [2.24, 2.45) is 0 Å². The molecule has 1 aromatic carbocycles. The molecule has 0 saturated heterocycles. The summed E-state index contributed by atoms with van der Waals surface area (Å²) in [6, 6.07) is 8.01. The Labute approximate surface area is 133 Å². The van der Waals surface area contributed by atoms with Gasteiger partial charge in [0.2, 0.25) is 0 Å². The maximum atomic E-state index is 5.17. The third kappa shape index (κ3) is 3.33. The Morgan fingerprint density at radius 2 is 2.00 bits per heavy atom. The van der Waals surface area contributed by atoms with E-state index in [1.165, 1.54) is 5.56 Å². The average Bonchev–Trinajstić information content (AvgIpc) is 3.18. The maximum absolute atomic E-state index is 5.17. The largest absolute Gasteiger partial charge is 0.497 e. The lowest BCUT2D eigenvalue weighted by Gasteiger charge is -2.03. The van der Waals surface area contributed by atoms with Crippen molar-refractivity contribution in [3.05, 3.63) is 47.2 Å². The fourth-order valence-corrected chi connectivity index (χ4v) is 3.08. The molecule has 5 nitrogen and oxygen atoms in total. The van der Waals surface area contributed by atoms with Crippen LogP contribution in [-0.2, 0) is 13.0 Å². The van der Waals surface area contributed by atoms with Gasteiger partial charge >= 0.3 is 0 Å². The van der Waals surface area contributed by atoms with E-state index in [9.17, 15) is 0 Å². The number of hydrogen-bond donors (Lipinski definition) is 0. The van der Waals surface area contributed by atoms with Gasteiger partial charge in [0.25, 0.3) is 0 Å². The maximum Gasteiger partial charge on any atom is 0.150 e. The second-order valence-electron chi connectivity index (χ2n) is 5.03. The van der Waals surface area contributed by atoms with E-state index in [0.29, 0.717) is 0 Å². The number of aryl methyl sites for hydroxylation is 1. The zero-order valence-corrected chi connectivity index (χ0v) is 13.5. The van der Waals surface area contributed by atoms with Crippen LogP contribution >= 0.6 is 11.3 Å². The van der Waals surface area contributed by atoms with Gasteiger partial charge in [-0.2, -0.15) is 5.10 Å². The van der Waals surface area contributed by atoms with E-state index in [0.717, 1.165) is 40.7 Å². The Bertz CT molecular complexity index is 733.